The van der Waals surface area contributed by atoms with Crippen LogP contribution in [0.3, 0.4) is 0 Å². The molecule has 1 aromatic carbocycles. The molecule has 2 aromatic rings. The molecule has 1 unspecified atom stereocenters. The number of aryl methyl sites for hydroxylation is 2. The number of aromatic nitrogens is 2. The van der Waals surface area contributed by atoms with Gasteiger partial charge >= 0.3 is 0 Å². The van der Waals surface area contributed by atoms with E-state index in [4.69, 9.17) is 22.3 Å². The van der Waals surface area contributed by atoms with Crippen LogP contribution in [0, 0.1) is 5.92 Å². The van der Waals surface area contributed by atoms with Gasteiger partial charge in [-0.05, 0) is 49.9 Å². The first-order chi connectivity index (χ1) is 9.65. The predicted octanol–water partition coefficient (Wildman–Crippen LogP) is 4.02. The summed E-state index contributed by atoms with van der Waals surface area (Å²) in [4.78, 5) is 4.78. The molecule has 0 radical (unpaired) electrons. The molecule has 1 heterocycles. The van der Waals surface area contributed by atoms with Gasteiger partial charge in [-0.15, -0.1) is 0 Å². The highest BCUT2D eigenvalue weighted by atomic mass is 35.5. The minimum Gasteiger partial charge on any atom is -0.330 e. The normalized spacial score (nSPS) is 13.0. The number of hydrogen-bond donors (Lipinski definition) is 1. The van der Waals surface area contributed by atoms with Crippen molar-refractivity contribution in [3.63, 3.8) is 0 Å². The quantitative estimate of drug-likeness (QED) is 0.838. The Morgan fingerprint density at radius 2 is 2.15 bits per heavy atom. The molecule has 2 N–H and O–H groups in total. The minimum atomic E-state index is 0.651. The zero-order valence-corrected chi connectivity index (χ0v) is 13.2. The lowest BCUT2D eigenvalue weighted by Gasteiger charge is -2.11. The third-order valence-corrected chi connectivity index (χ3v) is 3.99. The Kier molecular flexibility index (Phi) is 5.44. The Bertz CT molecular complexity index is 562. The minimum absolute atomic E-state index is 0.651. The fraction of sp³-hybridized carbons (Fsp3) is 0.562. The van der Waals surface area contributed by atoms with Crippen molar-refractivity contribution in [3.05, 3.63) is 29.0 Å². The third-order valence-electron chi connectivity index (χ3n) is 3.76. The molecule has 0 aliphatic heterocycles. The Morgan fingerprint density at radius 1 is 1.35 bits per heavy atom. The second-order valence-electron chi connectivity index (χ2n) is 5.53. The molecule has 0 amide bonds. The van der Waals surface area contributed by atoms with E-state index in [-0.39, 0.29) is 0 Å². The van der Waals surface area contributed by atoms with E-state index in [2.05, 4.69) is 18.4 Å². The van der Waals surface area contributed by atoms with Gasteiger partial charge in [-0.3, -0.25) is 0 Å². The van der Waals surface area contributed by atoms with Gasteiger partial charge in [0, 0.05) is 18.0 Å². The van der Waals surface area contributed by atoms with Gasteiger partial charge in [0.2, 0.25) is 0 Å². The standard InChI is InChI=1S/C16H24ClN3/c1-3-10-20-15-11-13(17)5-6-14(15)19-16(20)7-4-12(2)8-9-18/h5-6,11-12H,3-4,7-10,18H2,1-2H3. The molecule has 2 rings (SSSR count). The summed E-state index contributed by atoms with van der Waals surface area (Å²) in [5, 5.41) is 0.776. The van der Waals surface area contributed by atoms with Crippen LogP contribution in [0.4, 0.5) is 0 Å². The van der Waals surface area contributed by atoms with Crippen LogP contribution < -0.4 is 5.73 Å². The van der Waals surface area contributed by atoms with Gasteiger partial charge in [-0.1, -0.05) is 25.4 Å². The predicted molar refractivity (Wildman–Crippen MR) is 86.2 cm³/mol. The second kappa shape index (κ2) is 7.09. The SMILES string of the molecule is CCCn1c(CCC(C)CCN)nc2ccc(Cl)cc21. The largest absolute Gasteiger partial charge is 0.330 e. The van der Waals surface area contributed by atoms with Crippen LogP contribution >= 0.6 is 11.6 Å². The van der Waals surface area contributed by atoms with Crippen LogP contribution in [0.1, 0.15) is 38.9 Å². The maximum absolute atomic E-state index is 6.11. The number of nitrogens with two attached hydrogens (primary N) is 1. The van der Waals surface area contributed by atoms with Gasteiger partial charge < -0.3 is 10.3 Å². The molecule has 20 heavy (non-hydrogen) atoms. The highest BCUT2D eigenvalue weighted by Gasteiger charge is 2.12. The van der Waals surface area contributed by atoms with E-state index in [1.54, 1.807) is 0 Å². The Labute approximate surface area is 126 Å². The molecule has 3 nitrogen and oxygen atoms in total. The molecule has 0 aliphatic rings. The summed E-state index contributed by atoms with van der Waals surface area (Å²) in [6, 6.07) is 5.94. The number of hydrogen-bond acceptors (Lipinski definition) is 2. The van der Waals surface area contributed by atoms with Crippen LogP contribution in [0.25, 0.3) is 11.0 Å². The van der Waals surface area contributed by atoms with Gasteiger partial charge in [0.05, 0.1) is 11.0 Å². The first kappa shape index (κ1) is 15.3. The average Bonchev–Trinajstić information content (AvgIpc) is 2.75. The molecule has 1 atom stereocenters. The average molecular weight is 294 g/mol. The van der Waals surface area contributed by atoms with Gasteiger partial charge in [-0.25, -0.2) is 4.98 Å². The zero-order valence-electron chi connectivity index (χ0n) is 12.4. The Balaban J connectivity index is 2.25. The molecule has 0 bridgehead atoms. The molecule has 1 aromatic heterocycles. The van der Waals surface area contributed by atoms with Crippen molar-refractivity contribution in [2.45, 2.75) is 46.1 Å². The lowest BCUT2D eigenvalue weighted by atomic mass is 10.0. The highest BCUT2D eigenvalue weighted by Crippen LogP contribution is 2.23. The topological polar surface area (TPSA) is 43.8 Å². The summed E-state index contributed by atoms with van der Waals surface area (Å²) in [5.41, 5.74) is 7.82. The highest BCUT2D eigenvalue weighted by molar-refractivity contribution is 6.31. The Morgan fingerprint density at radius 3 is 2.85 bits per heavy atom. The van der Waals surface area contributed by atoms with Crippen LogP contribution in [0.5, 0.6) is 0 Å². The number of rotatable bonds is 7. The number of imidazole rings is 1. The van der Waals surface area contributed by atoms with Crippen LogP contribution in [-0.2, 0) is 13.0 Å². The van der Waals surface area contributed by atoms with Crippen molar-refractivity contribution in [2.24, 2.45) is 11.7 Å². The summed E-state index contributed by atoms with van der Waals surface area (Å²) in [7, 11) is 0. The lowest BCUT2D eigenvalue weighted by molar-refractivity contribution is 0.486. The van der Waals surface area contributed by atoms with Crippen molar-refractivity contribution in [3.8, 4) is 0 Å². The molecular formula is C16H24ClN3. The fourth-order valence-corrected chi connectivity index (χ4v) is 2.78. The van der Waals surface area contributed by atoms with Gasteiger partial charge in [-0.2, -0.15) is 0 Å². The number of halogens is 1. The van der Waals surface area contributed by atoms with Crippen LogP contribution in [-0.4, -0.2) is 16.1 Å². The van der Waals surface area contributed by atoms with E-state index in [1.807, 2.05) is 18.2 Å². The number of nitrogens with zero attached hydrogens (tertiary/aromatic N) is 2. The molecule has 0 aliphatic carbocycles. The summed E-state index contributed by atoms with van der Waals surface area (Å²) < 4.78 is 2.32. The van der Waals surface area contributed by atoms with E-state index in [0.717, 1.165) is 54.8 Å². The van der Waals surface area contributed by atoms with Crippen molar-refractivity contribution < 1.29 is 0 Å². The van der Waals surface area contributed by atoms with E-state index in [9.17, 15) is 0 Å². The van der Waals surface area contributed by atoms with E-state index in [0.29, 0.717) is 5.92 Å². The van der Waals surface area contributed by atoms with Crippen LogP contribution in [0.15, 0.2) is 18.2 Å². The second-order valence-corrected chi connectivity index (χ2v) is 5.97. The van der Waals surface area contributed by atoms with Crippen LogP contribution in [0.2, 0.25) is 5.02 Å². The summed E-state index contributed by atoms with van der Waals surface area (Å²) in [6.07, 6.45) is 4.33. The van der Waals surface area contributed by atoms with E-state index < -0.39 is 0 Å². The third kappa shape index (κ3) is 3.53. The molecule has 0 spiro atoms. The molecule has 4 heteroatoms. The van der Waals surface area contributed by atoms with E-state index in [1.165, 1.54) is 5.82 Å². The first-order valence-corrected chi connectivity index (χ1v) is 7.88. The maximum Gasteiger partial charge on any atom is 0.109 e. The van der Waals surface area contributed by atoms with Crippen molar-refractivity contribution >= 4 is 22.6 Å². The smallest absolute Gasteiger partial charge is 0.109 e. The Hall–Kier alpha value is -1.06. The number of fused-ring (bicyclic) bond motifs is 1. The molecular weight excluding hydrogens is 270 g/mol. The summed E-state index contributed by atoms with van der Waals surface area (Å²) in [6.45, 7) is 6.22. The fourth-order valence-electron chi connectivity index (χ4n) is 2.61. The summed E-state index contributed by atoms with van der Waals surface area (Å²) in [5.74, 6) is 1.83. The first-order valence-electron chi connectivity index (χ1n) is 7.50. The maximum atomic E-state index is 6.11. The molecule has 0 saturated carbocycles. The van der Waals surface area contributed by atoms with Gasteiger partial charge in [0.15, 0.2) is 0 Å². The van der Waals surface area contributed by atoms with Crippen molar-refractivity contribution in [2.75, 3.05) is 6.54 Å². The van der Waals surface area contributed by atoms with Crippen molar-refractivity contribution in [1.82, 2.24) is 9.55 Å². The van der Waals surface area contributed by atoms with E-state index >= 15 is 0 Å². The molecule has 0 saturated heterocycles. The zero-order chi connectivity index (χ0) is 14.5. The van der Waals surface area contributed by atoms with Gasteiger partial charge in [0.1, 0.15) is 5.82 Å². The molecule has 110 valence electrons. The van der Waals surface area contributed by atoms with Gasteiger partial charge in [0.25, 0.3) is 0 Å². The lowest BCUT2D eigenvalue weighted by Crippen LogP contribution is -2.09. The summed E-state index contributed by atoms with van der Waals surface area (Å²) >= 11 is 6.11. The molecule has 0 fully saturated rings. The monoisotopic (exact) mass is 293 g/mol. The van der Waals surface area contributed by atoms with Crippen molar-refractivity contribution in [1.29, 1.82) is 0 Å². The number of benzene rings is 1.